The molecule has 1 aliphatic rings. The molecule has 36 heavy (non-hydrogen) atoms. The molecular weight excluding hydrogens is 460 g/mol. The zero-order valence-electron chi connectivity index (χ0n) is 19.4. The fourth-order valence-electron chi connectivity index (χ4n) is 3.83. The quantitative estimate of drug-likeness (QED) is 0.196. The Balaban J connectivity index is 1.31. The average Bonchev–Trinajstić information content (AvgIpc) is 3.39. The number of para-hydroxylation sites is 1. The molecule has 5 rings (SSSR count). The van der Waals surface area contributed by atoms with Crippen molar-refractivity contribution in [3.63, 3.8) is 0 Å². The highest BCUT2D eigenvalue weighted by atomic mass is 16.6. The number of non-ortho nitro benzene ring substituents is 1. The van der Waals surface area contributed by atoms with Gasteiger partial charge in [-0.3, -0.25) is 10.1 Å². The molecule has 182 valence electrons. The average molecular weight is 485 g/mol. The molecule has 0 unspecified atom stereocenters. The summed E-state index contributed by atoms with van der Waals surface area (Å²) in [6.45, 7) is 1.80. The van der Waals surface area contributed by atoms with Crippen LogP contribution in [0.15, 0.2) is 76.2 Å². The molecule has 2 aromatic heterocycles. The predicted octanol–water partition coefficient (Wildman–Crippen LogP) is 5.22. The van der Waals surface area contributed by atoms with Crippen LogP contribution in [0.5, 0.6) is 0 Å². The first kappa shape index (κ1) is 23.0. The monoisotopic (exact) mass is 484 g/mol. The number of benzene rings is 2. The Kier molecular flexibility index (Phi) is 6.79. The second-order valence-corrected chi connectivity index (χ2v) is 8.20. The molecule has 1 saturated heterocycles. The van der Waals surface area contributed by atoms with E-state index in [9.17, 15) is 10.1 Å². The number of hydrogen-bond acceptors (Lipinski definition) is 10. The minimum atomic E-state index is -0.436. The van der Waals surface area contributed by atoms with Gasteiger partial charge < -0.3 is 14.6 Å². The molecule has 0 spiro atoms. The minimum absolute atomic E-state index is 0.0266. The van der Waals surface area contributed by atoms with Crippen LogP contribution in [0.3, 0.4) is 0 Å². The fourth-order valence-corrected chi connectivity index (χ4v) is 3.83. The van der Waals surface area contributed by atoms with E-state index in [4.69, 9.17) is 4.42 Å². The zero-order chi connectivity index (χ0) is 24.7. The van der Waals surface area contributed by atoms with E-state index in [2.05, 4.69) is 35.7 Å². The van der Waals surface area contributed by atoms with E-state index in [1.54, 1.807) is 24.3 Å². The lowest BCUT2D eigenvalue weighted by molar-refractivity contribution is -0.384. The van der Waals surface area contributed by atoms with Gasteiger partial charge in [-0.05, 0) is 55.7 Å². The normalized spacial score (nSPS) is 13.6. The van der Waals surface area contributed by atoms with Gasteiger partial charge in [0.1, 0.15) is 11.5 Å². The maximum Gasteiger partial charge on any atom is 0.269 e. The van der Waals surface area contributed by atoms with Crippen molar-refractivity contribution < 1.29 is 9.34 Å². The highest BCUT2D eigenvalue weighted by Gasteiger charge is 2.16. The summed E-state index contributed by atoms with van der Waals surface area (Å²) in [5.41, 5.74) is 4.50. The van der Waals surface area contributed by atoms with Crippen LogP contribution in [0.1, 0.15) is 25.0 Å². The van der Waals surface area contributed by atoms with Crippen LogP contribution in [0.4, 0.5) is 29.2 Å². The van der Waals surface area contributed by atoms with Gasteiger partial charge in [-0.25, -0.2) is 5.43 Å². The number of aromatic nitrogens is 3. The first-order valence-corrected chi connectivity index (χ1v) is 11.6. The Hall–Kier alpha value is -4.80. The first-order chi connectivity index (χ1) is 17.6. The Morgan fingerprint density at radius 2 is 1.67 bits per heavy atom. The number of hydrogen-bond donors (Lipinski definition) is 2. The molecule has 0 atom stereocenters. The van der Waals surface area contributed by atoms with Crippen molar-refractivity contribution in [2.75, 3.05) is 28.7 Å². The Labute approximate surface area is 207 Å². The van der Waals surface area contributed by atoms with Crippen molar-refractivity contribution in [3.8, 4) is 11.3 Å². The topological polar surface area (TPSA) is 135 Å². The van der Waals surface area contributed by atoms with Gasteiger partial charge in [-0.2, -0.15) is 20.1 Å². The van der Waals surface area contributed by atoms with E-state index in [-0.39, 0.29) is 5.69 Å². The number of nitrogens with one attached hydrogen (secondary N) is 2. The summed E-state index contributed by atoms with van der Waals surface area (Å²) in [5.74, 6) is 2.41. The third-order valence-electron chi connectivity index (χ3n) is 5.64. The van der Waals surface area contributed by atoms with E-state index in [1.807, 2.05) is 30.3 Å². The summed E-state index contributed by atoms with van der Waals surface area (Å²) in [7, 11) is 0. The number of furan rings is 1. The first-order valence-electron chi connectivity index (χ1n) is 11.6. The van der Waals surface area contributed by atoms with Gasteiger partial charge >= 0.3 is 0 Å². The number of piperidine rings is 1. The van der Waals surface area contributed by atoms with Crippen LogP contribution in [0, 0.1) is 10.1 Å². The van der Waals surface area contributed by atoms with Gasteiger partial charge in [0.05, 0.1) is 11.1 Å². The molecule has 0 aliphatic carbocycles. The van der Waals surface area contributed by atoms with E-state index in [0.717, 1.165) is 37.2 Å². The second-order valence-electron chi connectivity index (χ2n) is 8.20. The van der Waals surface area contributed by atoms with Gasteiger partial charge in [0.15, 0.2) is 0 Å². The van der Waals surface area contributed by atoms with Gasteiger partial charge in [-0.15, -0.1) is 0 Å². The van der Waals surface area contributed by atoms with Crippen LogP contribution in [-0.2, 0) is 0 Å². The molecule has 0 radical (unpaired) electrons. The Morgan fingerprint density at radius 3 is 2.42 bits per heavy atom. The molecule has 1 aliphatic heterocycles. The van der Waals surface area contributed by atoms with Gasteiger partial charge in [0.25, 0.3) is 5.69 Å². The van der Waals surface area contributed by atoms with Gasteiger partial charge in [-0.1, -0.05) is 18.2 Å². The summed E-state index contributed by atoms with van der Waals surface area (Å²) in [4.78, 5) is 26.2. The summed E-state index contributed by atoms with van der Waals surface area (Å²) in [6.07, 6.45) is 4.92. The predicted molar refractivity (Wildman–Crippen MR) is 138 cm³/mol. The maximum atomic E-state index is 10.8. The lowest BCUT2D eigenvalue weighted by atomic mass is 10.1. The Morgan fingerprint density at radius 1 is 0.917 bits per heavy atom. The van der Waals surface area contributed by atoms with Crippen LogP contribution in [0.2, 0.25) is 0 Å². The van der Waals surface area contributed by atoms with Crippen molar-refractivity contribution in [2.24, 2.45) is 5.10 Å². The zero-order valence-corrected chi connectivity index (χ0v) is 19.4. The second kappa shape index (κ2) is 10.6. The number of anilines is 4. The van der Waals surface area contributed by atoms with Crippen LogP contribution in [-0.4, -0.2) is 39.2 Å². The fraction of sp³-hybridized carbons (Fsp3) is 0.200. The van der Waals surface area contributed by atoms with Gasteiger partial charge in [0.2, 0.25) is 17.8 Å². The van der Waals surface area contributed by atoms with E-state index in [0.29, 0.717) is 29.4 Å². The third-order valence-corrected chi connectivity index (χ3v) is 5.64. The molecule has 1 fully saturated rings. The van der Waals surface area contributed by atoms with Crippen LogP contribution < -0.4 is 15.6 Å². The van der Waals surface area contributed by atoms with Crippen molar-refractivity contribution in [1.82, 2.24) is 15.0 Å². The summed E-state index contributed by atoms with van der Waals surface area (Å²) < 4.78 is 5.80. The van der Waals surface area contributed by atoms with E-state index < -0.39 is 4.92 Å². The SMILES string of the molecule is O=[N+]([O-])c1ccc(-c2ccc(C=NNc3nc(Nc4ccccc4)nc(N4CCCCC4)n3)o2)cc1. The standard InChI is InChI=1S/C25H24N8O3/c34-33(35)20-11-9-18(10-12-20)22-14-13-21(36-22)17-26-31-24-28-23(27-19-7-3-1-4-8-19)29-25(30-24)32-15-5-2-6-16-32/h1,3-4,7-14,17H,2,5-6,15-16H2,(H2,27,28,29,30,31). The molecule has 11 heteroatoms. The number of nitrogens with zero attached hydrogens (tertiary/aromatic N) is 6. The highest BCUT2D eigenvalue weighted by molar-refractivity contribution is 5.78. The van der Waals surface area contributed by atoms with Crippen molar-refractivity contribution in [1.29, 1.82) is 0 Å². The molecular formula is C25H24N8O3. The molecule has 4 aromatic rings. The molecule has 11 nitrogen and oxygen atoms in total. The Bertz CT molecular complexity index is 1350. The van der Waals surface area contributed by atoms with Crippen molar-refractivity contribution in [3.05, 3.63) is 82.6 Å². The molecule has 0 saturated carbocycles. The van der Waals surface area contributed by atoms with Crippen LogP contribution >= 0.6 is 0 Å². The smallest absolute Gasteiger partial charge is 0.269 e. The lowest BCUT2D eigenvalue weighted by Crippen LogP contribution is -2.31. The molecule has 3 heterocycles. The molecule has 2 aromatic carbocycles. The third kappa shape index (κ3) is 5.63. The number of hydrazone groups is 1. The summed E-state index contributed by atoms with van der Waals surface area (Å²) in [6, 6.07) is 19.4. The highest BCUT2D eigenvalue weighted by Crippen LogP contribution is 2.24. The maximum absolute atomic E-state index is 10.8. The molecule has 2 N–H and O–H groups in total. The van der Waals surface area contributed by atoms with Crippen LogP contribution in [0.25, 0.3) is 11.3 Å². The minimum Gasteiger partial charge on any atom is -0.455 e. The number of nitro benzene ring substituents is 1. The summed E-state index contributed by atoms with van der Waals surface area (Å²) in [5, 5.41) is 18.3. The number of nitro groups is 1. The number of rotatable bonds is 8. The lowest BCUT2D eigenvalue weighted by Gasteiger charge is -2.26. The van der Waals surface area contributed by atoms with E-state index in [1.165, 1.54) is 24.8 Å². The van der Waals surface area contributed by atoms with Gasteiger partial charge in [0, 0.05) is 36.5 Å². The molecule has 0 amide bonds. The largest absolute Gasteiger partial charge is 0.455 e. The van der Waals surface area contributed by atoms with Crippen molar-refractivity contribution in [2.45, 2.75) is 19.3 Å². The molecule has 0 bridgehead atoms. The summed E-state index contributed by atoms with van der Waals surface area (Å²) >= 11 is 0. The van der Waals surface area contributed by atoms with E-state index >= 15 is 0 Å². The van der Waals surface area contributed by atoms with Crippen molar-refractivity contribution >= 4 is 35.4 Å².